The van der Waals surface area contributed by atoms with E-state index in [9.17, 15) is 9.59 Å². The lowest BCUT2D eigenvalue weighted by atomic mass is 10.1. The van der Waals surface area contributed by atoms with Crippen LogP contribution in [0.2, 0.25) is 0 Å². The number of anilines is 1. The van der Waals surface area contributed by atoms with Gasteiger partial charge in [-0.15, -0.1) is 0 Å². The molecule has 2 aromatic rings. The highest BCUT2D eigenvalue weighted by molar-refractivity contribution is 14.1. The van der Waals surface area contributed by atoms with Crippen molar-refractivity contribution in [1.82, 2.24) is 4.90 Å². The molecule has 3 rings (SSSR count). The average molecular weight is 582 g/mol. The summed E-state index contributed by atoms with van der Waals surface area (Å²) in [6.45, 7) is 6.23. The van der Waals surface area contributed by atoms with Crippen molar-refractivity contribution in [3.05, 3.63) is 55.5 Å². The first-order valence-corrected chi connectivity index (χ1v) is 12.2. The van der Waals surface area contributed by atoms with E-state index in [4.69, 9.17) is 21.7 Å². The zero-order chi connectivity index (χ0) is 23.4. The minimum atomic E-state index is -0.264. The SMILES string of the molecule is CCN1C(=O)/C(=C/c2cc(I)c(OCC(=O)Nc3cc(C)cc(C)c3)c(OC)c2)SC1=S. The van der Waals surface area contributed by atoms with Crippen molar-refractivity contribution in [3.8, 4) is 11.5 Å². The Kier molecular flexibility index (Phi) is 8.18. The van der Waals surface area contributed by atoms with Gasteiger partial charge in [-0.2, -0.15) is 0 Å². The van der Waals surface area contributed by atoms with Gasteiger partial charge in [0, 0.05) is 12.2 Å². The zero-order valence-electron chi connectivity index (χ0n) is 18.2. The number of carbonyl (C=O) groups is 2. The van der Waals surface area contributed by atoms with Crippen molar-refractivity contribution in [2.24, 2.45) is 0 Å². The maximum absolute atomic E-state index is 12.5. The first-order chi connectivity index (χ1) is 15.2. The van der Waals surface area contributed by atoms with E-state index in [1.54, 1.807) is 17.0 Å². The first-order valence-electron chi connectivity index (χ1n) is 9.85. The van der Waals surface area contributed by atoms with Crippen LogP contribution in [0.25, 0.3) is 6.08 Å². The van der Waals surface area contributed by atoms with Crippen molar-refractivity contribution in [2.45, 2.75) is 20.8 Å². The van der Waals surface area contributed by atoms with E-state index in [1.165, 1.54) is 18.9 Å². The summed E-state index contributed by atoms with van der Waals surface area (Å²) in [5.74, 6) is 0.593. The van der Waals surface area contributed by atoms with Crippen LogP contribution in [0.3, 0.4) is 0 Å². The van der Waals surface area contributed by atoms with Crippen molar-refractivity contribution < 1.29 is 19.1 Å². The molecule has 32 heavy (non-hydrogen) atoms. The van der Waals surface area contributed by atoms with E-state index in [2.05, 4.69) is 27.9 Å². The van der Waals surface area contributed by atoms with E-state index in [0.717, 1.165) is 25.9 Å². The summed E-state index contributed by atoms with van der Waals surface area (Å²) in [7, 11) is 1.54. The number of likely N-dealkylation sites (N-methyl/N-ethyl adjacent to an activating group) is 1. The fourth-order valence-corrected chi connectivity index (χ4v) is 5.43. The lowest BCUT2D eigenvalue weighted by molar-refractivity contribution is -0.122. The number of thiocarbonyl (C=S) groups is 1. The number of benzene rings is 2. The van der Waals surface area contributed by atoms with E-state index in [1.807, 2.05) is 45.0 Å². The Morgan fingerprint density at radius 1 is 1.22 bits per heavy atom. The molecule has 0 unspecified atom stereocenters. The summed E-state index contributed by atoms with van der Waals surface area (Å²) in [4.78, 5) is 27.0. The largest absolute Gasteiger partial charge is 0.493 e. The third kappa shape index (κ3) is 5.81. The molecule has 1 aliphatic heterocycles. The van der Waals surface area contributed by atoms with Crippen LogP contribution in [0.5, 0.6) is 11.5 Å². The number of carbonyl (C=O) groups excluding carboxylic acids is 2. The Morgan fingerprint density at radius 2 is 1.91 bits per heavy atom. The van der Waals surface area contributed by atoms with Crippen LogP contribution < -0.4 is 14.8 Å². The van der Waals surface area contributed by atoms with Gasteiger partial charge in [0.25, 0.3) is 11.8 Å². The molecular formula is C23H23IN2O4S2. The number of methoxy groups -OCH3 is 1. The van der Waals surface area contributed by atoms with Crippen LogP contribution >= 0.6 is 46.6 Å². The normalized spacial score (nSPS) is 14.8. The van der Waals surface area contributed by atoms with Gasteiger partial charge >= 0.3 is 0 Å². The molecule has 0 aliphatic carbocycles. The quantitative estimate of drug-likeness (QED) is 0.277. The van der Waals surface area contributed by atoms with Crippen molar-refractivity contribution in [1.29, 1.82) is 0 Å². The number of rotatable bonds is 7. The Bertz CT molecular complexity index is 1100. The number of ether oxygens (including phenoxy) is 2. The third-order valence-corrected chi connectivity index (χ3v) is 6.77. The predicted molar refractivity (Wildman–Crippen MR) is 141 cm³/mol. The minimum absolute atomic E-state index is 0.0974. The smallest absolute Gasteiger partial charge is 0.266 e. The minimum Gasteiger partial charge on any atom is -0.493 e. The molecule has 1 N–H and O–H groups in total. The Hall–Kier alpha value is -2.11. The second kappa shape index (κ2) is 10.7. The molecule has 0 radical (unpaired) electrons. The lowest BCUT2D eigenvalue weighted by Gasteiger charge is -2.14. The van der Waals surface area contributed by atoms with Crippen LogP contribution in [0.15, 0.2) is 35.2 Å². The number of nitrogens with one attached hydrogen (secondary N) is 1. The molecule has 2 amide bonds. The van der Waals surface area contributed by atoms with E-state index >= 15 is 0 Å². The molecule has 0 aromatic heterocycles. The second-order valence-corrected chi connectivity index (χ2v) is 10.0. The lowest BCUT2D eigenvalue weighted by Crippen LogP contribution is -2.27. The molecule has 9 heteroatoms. The number of thioether (sulfide) groups is 1. The molecule has 0 saturated carbocycles. The Labute approximate surface area is 210 Å². The summed E-state index contributed by atoms with van der Waals surface area (Å²) < 4.78 is 12.6. The van der Waals surface area contributed by atoms with Gasteiger partial charge in [0.1, 0.15) is 4.32 Å². The maximum atomic E-state index is 12.5. The Balaban J connectivity index is 1.74. The first kappa shape index (κ1) is 24.5. The van der Waals surface area contributed by atoms with Crippen LogP contribution in [0.4, 0.5) is 5.69 Å². The number of hydrogen-bond acceptors (Lipinski definition) is 6. The number of aryl methyl sites for hydroxylation is 2. The van der Waals surface area contributed by atoms with Crippen LogP contribution in [0, 0.1) is 17.4 Å². The highest BCUT2D eigenvalue weighted by Crippen LogP contribution is 2.37. The molecule has 0 atom stereocenters. The number of halogens is 1. The van der Waals surface area contributed by atoms with Gasteiger partial charge in [-0.3, -0.25) is 14.5 Å². The third-order valence-electron chi connectivity index (χ3n) is 4.59. The molecule has 168 valence electrons. The number of amides is 2. The van der Waals surface area contributed by atoms with Crippen LogP contribution in [-0.4, -0.2) is 41.3 Å². The fraction of sp³-hybridized carbons (Fsp3) is 0.261. The van der Waals surface area contributed by atoms with Crippen molar-refractivity contribution in [2.75, 3.05) is 25.6 Å². The maximum Gasteiger partial charge on any atom is 0.266 e. The monoisotopic (exact) mass is 582 g/mol. The molecular weight excluding hydrogens is 559 g/mol. The van der Waals surface area contributed by atoms with Gasteiger partial charge in [-0.1, -0.05) is 30.0 Å². The molecule has 1 fully saturated rings. The molecule has 1 saturated heterocycles. The average Bonchev–Trinajstić information content (AvgIpc) is 2.98. The molecule has 1 aliphatic rings. The van der Waals surface area contributed by atoms with Crippen molar-refractivity contribution >= 4 is 74.5 Å². The zero-order valence-corrected chi connectivity index (χ0v) is 21.9. The second-order valence-electron chi connectivity index (χ2n) is 7.17. The van der Waals surface area contributed by atoms with Gasteiger partial charge in [0.2, 0.25) is 0 Å². The standard InChI is InChI=1S/C23H23IN2O4S2/c1-5-26-22(28)19(32-23(26)31)11-15-9-17(24)21(18(10-15)29-4)30-12-20(27)25-16-7-13(2)6-14(3)8-16/h6-11H,5,12H2,1-4H3,(H,25,27)/b19-11-. The van der Waals surface area contributed by atoms with Gasteiger partial charge in [-0.05, 0) is 90.4 Å². The predicted octanol–water partition coefficient (Wildman–Crippen LogP) is 5.16. The van der Waals surface area contributed by atoms with Crippen LogP contribution in [0.1, 0.15) is 23.6 Å². The van der Waals surface area contributed by atoms with Gasteiger partial charge in [0.15, 0.2) is 18.1 Å². The summed E-state index contributed by atoms with van der Waals surface area (Å²) in [6.07, 6.45) is 1.79. The van der Waals surface area contributed by atoms with E-state index < -0.39 is 0 Å². The molecule has 0 spiro atoms. The summed E-state index contributed by atoms with van der Waals surface area (Å²) in [6, 6.07) is 9.51. The molecule has 0 bridgehead atoms. The summed E-state index contributed by atoms with van der Waals surface area (Å²) in [5, 5.41) is 2.86. The van der Waals surface area contributed by atoms with Gasteiger partial charge in [-0.25, -0.2) is 0 Å². The highest BCUT2D eigenvalue weighted by Gasteiger charge is 2.30. The number of nitrogens with zero attached hydrogens (tertiary/aromatic N) is 1. The van der Waals surface area contributed by atoms with E-state index in [-0.39, 0.29) is 18.4 Å². The van der Waals surface area contributed by atoms with Gasteiger partial charge < -0.3 is 14.8 Å². The van der Waals surface area contributed by atoms with Gasteiger partial charge in [0.05, 0.1) is 15.6 Å². The molecule has 6 nitrogen and oxygen atoms in total. The highest BCUT2D eigenvalue weighted by atomic mass is 127. The van der Waals surface area contributed by atoms with Crippen LogP contribution in [-0.2, 0) is 9.59 Å². The molecule has 2 aromatic carbocycles. The topological polar surface area (TPSA) is 67.9 Å². The molecule has 1 heterocycles. The Morgan fingerprint density at radius 3 is 2.50 bits per heavy atom. The summed E-state index contributed by atoms with van der Waals surface area (Å²) in [5.41, 5.74) is 3.67. The summed E-state index contributed by atoms with van der Waals surface area (Å²) >= 11 is 8.68. The van der Waals surface area contributed by atoms with E-state index in [0.29, 0.717) is 27.3 Å². The fourth-order valence-electron chi connectivity index (χ4n) is 3.27. The van der Waals surface area contributed by atoms with Crippen molar-refractivity contribution in [3.63, 3.8) is 0 Å². The number of hydrogen-bond donors (Lipinski definition) is 1.